The summed E-state index contributed by atoms with van der Waals surface area (Å²) >= 11 is 1.62. The van der Waals surface area contributed by atoms with Gasteiger partial charge in [0.25, 0.3) is 0 Å². The number of nitrogens with one attached hydrogen (secondary N) is 1. The molecule has 0 spiro atoms. The molecule has 3 N–H and O–H groups in total. The summed E-state index contributed by atoms with van der Waals surface area (Å²) in [7, 11) is 0. The van der Waals surface area contributed by atoms with E-state index in [0.29, 0.717) is 6.04 Å². The Morgan fingerprint density at radius 2 is 2.58 bits per heavy atom. The summed E-state index contributed by atoms with van der Waals surface area (Å²) in [6, 6.07) is 0.317. The van der Waals surface area contributed by atoms with E-state index in [4.69, 9.17) is 5.73 Å². The summed E-state index contributed by atoms with van der Waals surface area (Å²) in [5.41, 5.74) is 5.76. The molecule has 0 aliphatic carbocycles. The lowest BCUT2D eigenvalue weighted by Gasteiger charge is -2.07. The maximum Gasteiger partial charge on any atom is 0.182 e. The van der Waals surface area contributed by atoms with Crippen molar-refractivity contribution >= 4 is 16.5 Å². The third kappa shape index (κ3) is 3.19. The highest BCUT2D eigenvalue weighted by atomic mass is 32.1. The van der Waals surface area contributed by atoms with Gasteiger partial charge in [-0.25, -0.2) is 4.98 Å². The minimum absolute atomic E-state index is 0.317. The molecule has 1 unspecified atom stereocenters. The molecule has 0 bridgehead atoms. The largest absolute Gasteiger partial charge is 0.361 e. The summed E-state index contributed by atoms with van der Waals surface area (Å²) in [6.45, 7) is 3.02. The van der Waals surface area contributed by atoms with Gasteiger partial charge in [0.15, 0.2) is 5.13 Å². The smallest absolute Gasteiger partial charge is 0.182 e. The molecule has 12 heavy (non-hydrogen) atoms. The van der Waals surface area contributed by atoms with Gasteiger partial charge in [0, 0.05) is 24.2 Å². The highest BCUT2D eigenvalue weighted by Crippen LogP contribution is 2.09. The second-order valence-corrected chi connectivity index (χ2v) is 3.62. The number of nitrogens with two attached hydrogens (primary N) is 1. The first-order chi connectivity index (χ1) is 5.83. The van der Waals surface area contributed by atoms with Crippen LogP contribution >= 0.6 is 11.3 Å². The van der Waals surface area contributed by atoms with Crippen molar-refractivity contribution in [3.63, 3.8) is 0 Å². The lowest BCUT2D eigenvalue weighted by Crippen LogP contribution is -2.22. The Morgan fingerprint density at radius 1 is 1.75 bits per heavy atom. The molecule has 0 fully saturated rings. The van der Waals surface area contributed by atoms with Crippen LogP contribution in [0.1, 0.15) is 19.8 Å². The van der Waals surface area contributed by atoms with Gasteiger partial charge in [-0.15, -0.1) is 11.3 Å². The van der Waals surface area contributed by atoms with Gasteiger partial charge in [0.1, 0.15) is 0 Å². The number of hydrogen-bond donors (Lipinski definition) is 2. The number of nitrogens with zero attached hydrogens (tertiary/aromatic N) is 1. The standard InChI is InChI=1S/C8H15N3S/c1-2-7(9)3-4-10-8-11-5-6-12-8/h5-7H,2-4,9H2,1H3,(H,10,11). The van der Waals surface area contributed by atoms with E-state index in [9.17, 15) is 0 Å². The topological polar surface area (TPSA) is 50.9 Å². The Morgan fingerprint density at radius 3 is 3.17 bits per heavy atom. The van der Waals surface area contributed by atoms with Crippen LogP contribution in [0.3, 0.4) is 0 Å². The molecule has 0 saturated carbocycles. The van der Waals surface area contributed by atoms with Crippen molar-refractivity contribution in [1.82, 2.24) is 4.98 Å². The van der Waals surface area contributed by atoms with Crippen LogP contribution in [0, 0.1) is 0 Å². The van der Waals surface area contributed by atoms with Crippen LogP contribution < -0.4 is 11.1 Å². The SMILES string of the molecule is CCC(N)CCNc1nccs1. The minimum Gasteiger partial charge on any atom is -0.361 e. The molecular weight excluding hydrogens is 170 g/mol. The first kappa shape index (κ1) is 9.48. The van der Waals surface area contributed by atoms with E-state index in [1.807, 2.05) is 5.38 Å². The maximum atomic E-state index is 5.76. The Hall–Kier alpha value is -0.610. The zero-order chi connectivity index (χ0) is 8.81. The molecule has 1 heterocycles. The summed E-state index contributed by atoms with van der Waals surface area (Å²) in [5.74, 6) is 0. The molecule has 0 saturated heterocycles. The van der Waals surface area contributed by atoms with E-state index in [0.717, 1.165) is 24.5 Å². The molecule has 0 aromatic carbocycles. The van der Waals surface area contributed by atoms with Crippen molar-refractivity contribution in [3.8, 4) is 0 Å². The average Bonchev–Trinajstić information content (AvgIpc) is 2.57. The van der Waals surface area contributed by atoms with Gasteiger partial charge in [-0.2, -0.15) is 0 Å². The number of hydrogen-bond acceptors (Lipinski definition) is 4. The van der Waals surface area contributed by atoms with Crippen molar-refractivity contribution in [1.29, 1.82) is 0 Å². The lowest BCUT2D eigenvalue weighted by molar-refractivity contribution is 0.613. The molecule has 0 aliphatic heterocycles. The van der Waals surface area contributed by atoms with Crippen LogP contribution in [0.15, 0.2) is 11.6 Å². The second-order valence-electron chi connectivity index (χ2n) is 2.72. The minimum atomic E-state index is 0.317. The van der Waals surface area contributed by atoms with Crippen LogP contribution in [0.4, 0.5) is 5.13 Å². The number of rotatable bonds is 5. The van der Waals surface area contributed by atoms with Gasteiger partial charge in [-0.05, 0) is 12.8 Å². The highest BCUT2D eigenvalue weighted by molar-refractivity contribution is 7.13. The molecule has 3 nitrogen and oxygen atoms in total. The Bertz CT molecular complexity index is 198. The van der Waals surface area contributed by atoms with Crippen molar-refractivity contribution in [2.45, 2.75) is 25.8 Å². The monoisotopic (exact) mass is 185 g/mol. The predicted molar refractivity (Wildman–Crippen MR) is 53.5 cm³/mol. The third-order valence-electron chi connectivity index (χ3n) is 1.75. The fourth-order valence-corrected chi connectivity index (χ4v) is 1.44. The molecule has 1 aromatic heterocycles. The molecule has 4 heteroatoms. The van der Waals surface area contributed by atoms with E-state index in [1.54, 1.807) is 17.5 Å². The zero-order valence-electron chi connectivity index (χ0n) is 7.29. The van der Waals surface area contributed by atoms with Crippen LogP contribution in [0.2, 0.25) is 0 Å². The number of anilines is 1. The fraction of sp³-hybridized carbons (Fsp3) is 0.625. The van der Waals surface area contributed by atoms with Crippen molar-refractivity contribution in [2.24, 2.45) is 5.73 Å². The van der Waals surface area contributed by atoms with E-state index in [2.05, 4.69) is 17.2 Å². The summed E-state index contributed by atoms with van der Waals surface area (Å²) < 4.78 is 0. The summed E-state index contributed by atoms with van der Waals surface area (Å²) in [4.78, 5) is 4.11. The quantitative estimate of drug-likeness (QED) is 0.734. The maximum absolute atomic E-state index is 5.76. The van der Waals surface area contributed by atoms with Crippen molar-refractivity contribution in [2.75, 3.05) is 11.9 Å². The Labute approximate surface area is 77.0 Å². The van der Waals surface area contributed by atoms with Gasteiger partial charge in [-0.3, -0.25) is 0 Å². The van der Waals surface area contributed by atoms with E-state index in [-0.39, 0.29) is 0 Å². The normalized spacial score (nSPS) is 12.8. The van der Waals surface area contributed by atoms with Crippen LogP contribution in [0.5, 0.6) is 0 Å². The molecule has 0 amide bonds. The lowest BCUT2D eigenvalue weighted by atomic mass is 10.2. The highest BCUT2D eigenvalue weighted by Gasteiger charge is 1.98. The average molecular weight is 185 g/mol. The Kier molecular flexibility index (Phi) is 4.04. The van der Waals surface area contributed by atoms with E-state index >= 15 is 0 Å². The van der Waals surface area contributed by atoms with Crippen LogP contribution in [-0.2, 0) is 0 Å². The van der Waals surface area contributed by atoms with Gasteiger partial charge < -0.3 is 11.1 Å². The molecule has 68 valence electrons. The van der Waals surface area contributed by atoms with Crippen molar-refractivity contribution < 1.29 is 0 Å². The van der Waals surface area contributed by atoms with Gasteiger partial charge in [-0.1, -0.05) is 6.92 Å². The zero-order valence-corrected chi connectivity index (χ0v) is 8.10. The predicted octanol–water partition coefficient (Wildman–Crippen LogP) is 1.68. The number of thiazole rings is 1. The third-order valence-corrected chi connectivity index (χ3v) is 2.48. The van der Waals surface area contributed by atoms with E-state index < -0.39 is 0 Å². The Balaban J connectivity index is 2.11. The fourth-order valence-electron chi connectivity index (χ4n) is 0.879. The van der Waals surface area contributed by atoms with Gasteiger partial charge in [0.05, 0.1) is 0 Å². The van der Waals surface area contributed by atoms with Gasteiger partial charge in [0.2, 0.25) is 0 Å². The summed E-state index contributed by atoms with van der Waals surface area (Å²) in [5, 5.41) is 6.16. The van der Waals surface area contributed by atoms with Crippen LogP contribution in [-0.4, -0.2) is 17.6 Å². The van der Waals surface area contributed by atoms with Gasteiger partial charge >= 0.3 is 0 Å². The second kappa shape index (κ2) is 5.11. The summed E-state index contributed by atoms with van der Waals surface area (Å²) in [6.07, 6.45) is 3.85. The molecular formula is C8H15N3S. The molecule has 0 aliphatic rings. The van der Waals surface area contributed by atoms with E-state index in [1.165, 1.54) is 0 Å². The molecule has 0 radical (unpaired) electrons. The molecule has 1 rings (SSSR count). The molecule has 1 atom stereocenters. The first-order valence-corrected chi connectivity index (χ1v) is 5.10. The number of aromatic nitrogens is 1. The van der Waals surface area contributed by atoms with Crippen LogP contribution in [0.25, 0.3) is 0 Å². The first-order valence-electron chi connectivity index (χ1n) is 4.22. The molecule has 1 aromatic rings. The van der Waals surface area contributed by atoms with Crippen molar-refractivity contribution in [3.05, 3.63) is 11.6 Å².